The molecule has 0 aromatic rings. The molecule has 0 aromatic carbocycles. The molecule has 0 aromatic heterocycles. The van der Waals surface area contributed by atoms with Crippen molar-refractivity contribution in [2.45, 2.75) is 78.6 Å². The first-order valence-electron chi connectivity index (χ1n) is 8.37. The van der Waals surface area contributed by atoms with Gasteiger partial charge in [-0.05, 0) is 25.2 Å². The van der Waals surface area contributed by atoms with Crippen LogP contribution in [0.25, 0.3) is 0 Å². The third kappa shape index (κ3) is 15.2. The van der Waals surface area contributed by atoms with Crippen LogP contribution in [0.2, 0.25) is 0 Å². The van der Waals surface area contributed by atoms with Crippen LogP contribution in [0.1, 0.15) is 78.6 Å². The lowest BCUT2D eigenvalue weighted by Crippen LogP contribution is -2.11. The molecule has 0 saturated carbocycles. The van der Waals surface area contributed by atoms with E-state index < -0.39 is 0 Å². The van der Waals surface area contributed by atoms with E-state index in [9.17, 15) is 9.59 Å². The quantitative estimate of drug-likeness (QED) is 0.377. The molecule has 124 valence electrons. The fourth-order valence-electron chi connectivity index (χ4n) is 1.92. The summed E-state index contributed by atoms with van der Waals surface area (Å²) in [5.74, 6) is 0.0132. The van der Waals surface area contributed by atoms with Gasteiger partial charge in [0.1, 0.15) is 0 Å². The molecule has 0 aliphatic carbocycles. The second-order valence-corrected chi connectivity index (χ2v) is 5.89. The largest absolute Gasteiger partial charge is 0.466 e. The zero-order valence-electron chi connectivity index (χ0n) is 14.0. The third-order valence-corrected chi connectivity index (χ3v) is 3.23. The summed E-state index contributed by atoms with van der Waals surface area (Å²) in [4.78, 5) is 22.8. The second kappa shape index (κ2) is 13.9. The highest BCUT2D eigenvalue weighted by Gasteiger charge is 2.09. The van der Waals surface area contributed by atoms with Gasteiger partial charge in [0.05, 0.1) is 26.1 Å². The summed E-state index contributed by atoms with van der Waals surface area (Å²) in [6.07, 6.45) is 7.81. The van der Waals surface area contributed by atoms with Gasteiger partial charge in [-0.25, -0.2) is 0 Å². The summed E-state index contributed by atoms with van der Waals surface area (Å²) in [6.45, 7) is 7.36. The minimum Gasteiger partial charge on any atom is -0.466 e. The van der Waals surface area contributed by atoms with Crippen LogP contribution in [0.15, 0.2) is 0 Å². The van der Waals surface area contributed by atoms with Crippen LogP contribution in [0.5, 0.6) is 0 Å². The number of carbonyl (C=O) groups excluding carboxylic acids is 2. The Labute approximate surface area is 129 Å². The van der Waals surface area contributed by atoms with Crippen LogP contribution in [-0.2, 0) is 19.1 Å². The lowest BCUT2D eigenvalue weighted by molar-refractivity contribution is -0.150. The molecule has 0 spiro atoms. The van der Waals surface area contributed by atoms with Gasteiger partial charge in [-0.2, -0.15) is 0 Å². The molecular weight excluding hydrogens is 268 g/mol. The maximum Gasteiger partial charge on any atom is 0.306 e. The maximum absolute atomic E-state index is 11.4. The second-order valence-electron chi connectivity index (χ2n) is 5.89. The predicted octanol–water partition coefficient (Wildman–Crippen LogP) is 4.26. The first-order chi connectivity index (χ1) is 10.1. The first kappa shape index (κ1) is 19.9. The summed E-state index contributed by atoms with van der Waals surface area (Å²) < 4.78 is 10.1. The summed E-state index contributed by atoms with van der Waals surface area (Å²) in [6, 6.07) is 0. The molecule has 0 rings (SSSR count). The highest BCUT2D eigenvalue weighted by Crippen LogP contribution is 2.05. The Bertz CT molecular complexity index is 274. The zero-order chi connectivity index (χ0) is 15.9. The van der Waals surface area contributed by atoms with Gasteiger partial charge in [0.2, 0.25) is 0 Å². The van der Waals surface area contributed by atoms with Crippen molar-refractivity contribution >= 4 is 11.9 Å². The molecule has 0 aliphatic heterocycles. The summed E-state index contributed by atoms with van der Waals surface area (Å²) in [7, 11) is 0. The van der Waals surface area contributed by atoms with Gasteiger partial charge in [0.15, 0.2) is 0 Å². The van der Waals surface area contributed by atoms with Crippen LogP contribution in [-0.4, -0.2) is 25.2 Å². The normalized spacial score (nSPS) is 10.7. The minimum atomic E-state index is -0.307. The molecule has 0 atom stereocenters. The molecule has 0 amide bonds. The van der Waals surface area contributed by atoms with Crippen molar-refractivity contribution in [3.8, 4) is 0 Å². The van der Waals surface area contributed by atoms with Gasteiger partial charge < -0.3 is 9.47 Å². The van der Waals surface area contributed by atoms with E-state index in [0.717, 1.165) is 25.7 Å². The molecular formula is C17H32O4. The van der Waals surface area contributed by atoms with Gasteiger partial charge in [0.25, 0.3) is 0 Å². The standard InChI is InChI=1S/C17H32O4/c1-4-5-6-7-8-13-20-16(18)11-12-17(19)21-14-9-10-15(2)3/h15H,4-14H2,1-3H3. The van der Waals surface area contributed by atoms with E-state index in [4.69, 9.17) is 9.47 Å². The maximum atomic E-state index is 11.4. The molecule has 21 heavy (non-hydrogen) atoms. The number of ether oxygens (including phenoxy) is 2. The molecule has 0 unspecified atom stereocenters. The molecule has 0 heterocycles. The number of rotatable bonds is 13. The summed E-state index contributed by atoms with van der Waals surface area (Å²) in [5, 5.41) is 0. The van der Waals surface area contributed by atoms with E-state index in [0.29, 0.717) is 19.1 Å². The number of carbonyl (C=O) groups is 2. The van der Waals surface area contributed by atoms with E-state index in [1.807, 2.05) is 0 Å². The average Bonchev–Trinajstić information content (AvgIpc) is 2.45. The van der Waals surface area contributed by atoms with Crippen molar-refractivity contribution in [2.75, 3.05) is 13.2 Å². The number of hydrogen-bond donors (Lipinski definition) is 0. The van der Waals surface area contributed by atoms with Gasteiger partial charge in [0, 0.05) is 0 Å². The van der Waals surface area contributed by atoms with Crippen LogP contribution in [0.4, 0.5) is 0 Å². The molecule has 0 radical (unpaired) electrons. The van der Waals surface area contributed by atoms with E-state index in [2.05, 4.69) is 20.8 Å². The highest BCUT2D eigenvalue weighted by atomic mass is 16.5. The Kier molecular flexibility index (Phi) is 13.2. The molecule has 0 bridgehead atoms. The summed E-state index contributed by atoms with van der Waals surface area (Å²) >= 11 is 0. The molecule has 0 fully saturated rings. The fourth-order valence-corrected chi connectivity index (χ4v) is 1.92. The van der Waals surface area contributed by atoms with Crippen LogP contribution in [0.3, 0.4) is 0 Å². The van der Waals surface area contributed by atoms with Crippen LogP contribution >= 0.6 is 0 Å². The smallest absolute Gasteiger partial charge is 0.306 e. The highest BCUT2D eigenvalue weighted by molar-refractivity contribution is 5.77. The lowest BCUT2D eigenvalue weighted by Gasteiger charge is -2.07. The number of hydrogen-bond acceptors (Lipinski definition) is 4. The van der Waals surface area contributed by atoms with Crippen molar-refractivity contribution < 1.29 is 19.1 Å². The van der Waals surface area contributed by atoms with Crippen molar-refractivity contribution in [3.63, 3.8) is 0 Å². The van der Waals surface area contributed by atoms with Crippen molar-refractivity contribution in [2.24, 2.45) is 5.92 Å². The molecule has 0 N–H and O–H groups in total. The molecule has 0 saturated heterocycles. The van der Waals surface area contributed by atoms with Crippen molar-refractivity contribution in [1.29, 1.82) is 0 Å². The topological polar surface area (TPSA) is 52.6 Å². The van der Waals surface area contributed by atoms with Gasteiger partial charge in [-0.1, -0.05) is 46.5 Å². The number of esters is 2. The third-order valence-electron chi connectivity index (χ3n) is 3.23. The monoisotopic (exact) mass is 300 g/mol. The molecule has 0 aliphatic rings. The van der Waals surface area contributed by atoms with Gasteiger partial charge in [-0.15, -0.1) is 0 Å². The van der Waals surface area contributed by atoms with Crippen LogP contribution in [0, 0.1) is 5.92 Å². The average molecular weight is 300 g/mol. The molecule has 4 nitrogen and oxygen atoms in total. The first-order valence-corrected chi connectivity index (χ1v) is 8.37. The lowest BCUT2D eigenvalue weighted by atomic mass is 10.1. The van der Waals surface area contributed by atoms with Gasteiger partial charge >= 0.3 is 11.9 Å². The van der Waals surface area contributed by atoms with E-state index in [1.54, 1.807) is 0 Å². The SMILES string of the molecule is CCCCCCCOC(=O)CCC(=O)OCCCC(C)C. The Morgan fingerprint density at radius 1 is 0.810 bits per heavy atom. The van der Waals surface area contributed by atoms with Gasteiger partial charge in [-0.3, -0.25) is 9.59 Å². The van der Waals surface area contributed by atoms with Crippen LogP contribution < -0.4 is 0 Å². The van der Waals surface area contributed by atoms with Crippen molar-refractivity contribution in [3.05, 3.63) is 0 Å². The van der Waals surface area contributed by atoms with E-state index >= 15 is 0 Å². The summed E-state index contributed by atoms with van der Waals surface area (Å²) in [5.41, 5.74) is 0. The number of unbranched alkanes of at least 4 members (excludes halogenated alkanes) is 4. The Hall–Kier alpha value is -1.06. The van der Waals surface area contributed by atoms with E-state index in [-0.39, 0.29) is 24.8 Å². The Balaban J connectivity index is 3.40. The van der Waals surface area contributed by atoms with E-state index in [1.165, 1.54) is 19.3 Å². The Morgan fingerprint density at radius 2 is 1.33 bits per heavy atom. The predicted molar refractivity (Wildman–Crippen MR) is 84.0 cm³/mol. The fraction of sp³-hybridized carbons (Fsp3) is 0.882. The minimum absolute atomic E-state index is 0.121. The molecule has 4 heteroatoms. The Morgan fingerprint density at radius 3 is 1.86 bits per heavy atom. The van der Waals surface area contributed by atoms with Crippen molar-refractivity contribution in [1.82, 2.24) is 0 Å². The zero-order valence-corrected chi connectivity index (χ0v) is 14.0.